The van der Waals surface area contributed by atoms with Gasteiger partial charge in [-0.25, -0.2) is 4.98 Å². The van der Waals surface area contributed by atoms with Gasteiger partial charge in [-0.15, -0.1) is 0 Å². The van der Waals surface area contributed by atoms with E-state index in [0.717, 1.165) is 27.9 Å². The molecule has 2 unspecified atom stereocenters. The third-order valence-corrected chi connectivity index (χ3v) is 4.99. The van der Waals surface area contributed by atoms with Crippen molar-refractivity contribution in [1.29, 1.82) is 0 Å². The Morgan fingerprint density at radius 2 is 2.11 bits per heavy atom. The highest BCUT2D eigenvalue weighted by Gasteiger charge is 2.30. The molecule has 106 valence electrons. The Bertz CT molecular complexity index is 425. The van der Waals surface area contributed by atoms with Crippen molar-refractivity contribution in [2.24, 2.45) is 11.7 Å². The van der Waals surface area contributed by atoms with E-state index in [2.05, 4.69) is 54.7 Å². The standard InChI is InChI=1S/C14H21Br2N3/c1-2-19(13-6-4-3-5-10(13)8-17)14-12(16)7-11(15)9-18-14/h7,9-10,13H,2-6,8,17H2,1H3. The molecule has 0 saturated heterocycles. The van der Waals surface area contributed by atoms with Crippen molar-refractivity contribution in [3.63, 3.8) is 0 Å². The molecule has 0 aromatic carbocycles. The number of aromatic nitrogens is 1. The van der Waals surface area contributed by atoms with Gasteiger partial charge in [0.15, 0.2) is 0 Å². The predicted octanol–water partition coefficient (Wildman–Crippen LogP) is 3.95. The number of rotatable bonds is 4. The van der Waals surface area contributed by atoms with Crippen molar-refractivity contribution in [2.45, 2.75) is 38.6 Å². The van der Waals surface area contributed by atoms with E-state index in [-0.39, 0.29) is 0 Å². The van der Waals surface area contributed by atoms with Crippen LogP contribution in [0.4, 0.5) is 5.82 Å². The largest absolute Gasteiger partial charge is 0.353 e. The molecular weight excluding hydrogens is 370 g/mol. The van der Waals surface area contributed by atoms with Crippen molar-refractivity contribution >= 4 is 37.7 Å². The topological polar surface area (TPSA) is 42.2 Å². The van der Waals surface area contributed by atoms with Crippen LogP contribution in [0.3, 0.4) is 0 Å². The molecule has 5 heteroatoms. The second kappa shape index (κ2) is 7.04. The molecule has 1 saturated carbocycles. The fourth-order valence-corrected chi connectivity index (χ4v) is 4.25. The molecule has 2 atom stereocenters. The lowest BCUT2D eigenvalue weighted by atomic mass is 9.83. The Labute approximate surface area is 132 Å². The summed E-state index contributed by atoms with van der Waals surface area (Å²) in [6, 6.07) is 2.58. The molecule has 1 fully saturated rings. The molecule has 1 aromatic rings. The van der Waals surface area contributed by atoms with Gasteiger partial charge in [-0.2, -0.15) is 0 Å². The summed E-state index contributed by atoms with van der Waals surface area (Å²) in [6.07, 6.45) is 6.94. The summed E-state index contributed by atoms with van der Waals surface area (Å²) in [6.45, 7) is 3.93. The van der Waals surface area contributed by atoms with Crippen LogP contribution in [0, 0.1) is 5.92 Å². The highest BCUT2D eigenvalue weighted by Crippen LogP contribution is 2.34. The van der Waals surface area contributed by atoms with Crippen molar-refractivity contribution in [2.75, 3.05) is 18.0 Å². The van der Waals surface area contributed by atoms with Crippen molar-refractivity contribution in [3.8, 4) is 0 Å². The second-order valence-corrected chi connectivity index (χ2v) is 6.86. The average Bonchev–Trinajstić information content (AvgIpc) is 2.42. The molecule has 1 aliphatic rings. The first-order valence-electron chi connectivity index (χ1n) is 6.95. The number of hydrogen-bond donors (Lipinski definition) is 1. The first-order valence-corrected chi connectivity index (χ1v) is 8.53. The first kappa shape index (κ1) is 15.3. The maximum atomic E-state index is 5.96. The van der Waals surface area contributed by atoms with Gasteiger partial charge in [-0.1, -0.05) is 12.8 Å². The normalized spacial score (nSPS) is 23.4. The Balaban J connectivity index is 2.27. The summed E-state index contributed by atoms with van der Waals surface area (Å²) >= 11 is 7.09. The second-order valence-electron chi connectivity index (χ2n) is 5.09. The highest BCUT2D eigenvalue weighted by molar-refractivity contribution is 9.11. The van der Waals surface area contributed by atoms with E-state index in [1.807, 2.05) is 6.20 Å². The minimum absolute atomic E-state index is 0.522. The third-order valence-electron chi connectivity index (χ3n) is 3.97. The van der Waals surface area contributed by atoms with Crippen molar-refractivity contribution < 1.29 is 0 Å². The molecule has 0 spiro atoms. The number of nitrogens with two attached hydrogens (primary N) is 1. The van der Waals surface area contributed by atoms with E-state index >= 15 is 0 Å². The van der Waals surface area contributed by atoms with Gasteiger partial charge in [0.25, 0.3) is 0 Å². The lowest BCUT2D eigenvalue weighted by Gasteiger charge is -2.40. The molecule has 19 heavy (non-hydrogen) atoms. The monoisotopic (exact) mass is 389 g/mol. The Kier molecular flexibility index (Phi) is 5.66. The van der Waals surface area contributed by atoms with E-state index in [1.54, 1.807) is 0 Å². The number of anilines is 1. The van der Waals surface area contributed by atoms with E-state index in [4.69, 9.17) is 5.73 Å². The van der Waals surface area contributed by atoms with Gasteiger partial charge in [0.1, 0.15) is 5.82 Å². The zero-order valence-corrected chi connectivity index (χ0v) is 14.5. The summed E-state index contributed by atoms with van der Waals surface area (Å²) in [7, 11) is 0. The van der Waals surface area contributed by atoms with E-state index in [1.165, 1.54) is 25.7 Å². The maximum absolute atomic E-state index is 5.96. The lowest BCUT2D eigenvalue weighted by Crippen LogP contribution is -2.45. The summed E-state index contributed by atoms with van der Waals surface area (Å²) in [5.74, 6) is 1.63. The van der Waals surface area contributed by atoms with Crippen molar-refractivity contribution in [1.82, 2.24) is 4.98 Å². The molecule has 0 aliphatic heterocycles. The number of halogens is 2. The summed E-state index contributed by atoms with van der Waals surface area (Å²) < 4.78 is 2.04. The van der Waals surface area contributed by atoms with Crippen LogP contribution in [-0.4, -0.2) is 24.1 Å². The minimum Gasteiger partial charge on any atom is -0.353 e. The molecule has 2 N–H and O–H groups in total. The summed E-state index contributed by atoms with van der Waals surface area (Å²) in [5.41, 5.74) is 5.96. The van der Waals surface area contributed by atoms with Crippen LogP contribution in [0.15, 0.2) is 21.2 Å². The first-order chi connectivity index (χ1) is 9.17. The van der Waals surface area contributed by atoms with Gasteiger partial charge in [-0.05, 0) is 70.2 Å². The number of pyridine rings is 1. The zero-order valence-electron chi connectivity index (χ0n) is 11.3. The van der Waals surface area contributed by atoms with Crippen LogP contribution in [-0.2, 0) is 0 Å². The zero-order chi connectivity index (χ0) is 13.8. The van der Waals surface area contributed by atoms with Gasteiger partial charge in [0.2, 0.25) is 0 Å². The van der Waals surface area contributed by atoms with E-state index in [0.29, 0.717) is 12.0 Å². The van der Waals surface area contributed by atoms with Gasteiger partial charge >= 0.3 is 0 Å². The molecule has 1 aliphatic carbocycles. The number of nitrogens with zero attached hydrogens (tertiary/aromatic N) is 2. The summed E-state index contributed by atoms with van der Waals surface area (Å²) in [5, 5.41) is 0. The quantitative estimate of drug-likeness (QED) is 0.846. The van der Waals surface area contributed by atoms with Crippen LogP contribution in [0.5, 0.6) is 0 Å². The Morgan fingerprint density at radius 3 is 2.74 bits per heavy atom. The van der Waals surface area contributed by atoms with Gasteiger partial charge < -0.3 is 10.6 Å². The van der Waals surface area contributed by atoms with Crippen LogP contribution in [0.25, 0.3) is 0 Å². The Hall–Kier alpha value is -0.130. The molecular formula is C14H21Br2N3. The molecule has 0 bridgehead atoms. The van der Waals surface area contributed by atoms with Crippen molar-refractivity contribution in [3.05, 3.63) is 21.2 Å². The highest BCUT2D eigenvalue weighted by atomic mass is 79.9. The molecule has 2 rings (SSSR count). The van der Waals surface area contributed by atoms with Crippen LogP contribution in [0.1, 0.15) is 32.6 Å². The molecule has 1 aromatic heterocycles. The van der Waals surface area contributed by atoms with Gasteiger partial charge in [0, 0.05) is 23.3 Å². The molecule has 0 radical (unpaired) electrons. The van der Waals surface area contributed by atoms with Gasteiger partial charge in [-0.3, -0.25) is 0 Å². The van der Waals surface area contributed by atoms with Crippen LogP contribution >= 0.6 is 31.9 Å². The predicted molar refractivity (Wildman–Crippen MR) is 87.5 cm³/mol. The van der Waals surface area contributed by atoms with E-state index in [9.17, 15) is 0 Å². The third kappa shape index (κ3) is 3.50. The van der Waals surface area contributed by atoms with Crippen LogP contribution in [0.2, 0.25) is 0 Å². The maximum Gasteiger partial charge on any atom is 0.143 e. The lowest BCUT2D eigenvalue weighted by molar-refractivity contribution is 0.299. The Morgan fingerprint density at radius 1 is 1.37 bits per heavy atom. The van der Waals surface area contributed by atoms with Gasteiger partial charge in [0.05, 0.1) is 4.47 Å². The fraction of sp³-hybridized carbons (Fsp3) is 0.643. The molecule has 3 nitrogen and oxygen atoms in total. The molecule has 1 heterocycles. The fourth-order valence-electron chi connectivity index (χ4n) is 3.03. The average molecular weight is 391 g/mol. The summed E-state index contributed by atoms with van der Waals surface area (Å²) in [4.78, 5) is 6.99. The molecule has 0 amide bonds. The minimum atomic E-state index is 0.522. The van der Waals surface area contributed by atoms with E-state index < -0.39 is 0 Å². The SMILES string of the molecule is CCN(c1ncc(Br)cc1Br)C1CCCCC1CN. The smallest absolute Gasteiger partial charge is 0.143 e. The van der Waals surface area contributed by atoms with Crippen LogP contribution < -0.4 is 10.6 Å². The number of hydrogen-bond acceptors (Lipinski definition) is 3.